The molecular formula is C19H19N3O3S. The Labute approximate surface area is 155 Å². The molecule has 3 aromatic rings. The Kier molecular flexibility index (Phi) is 5.91. The third kappa shape index (κ3) is 4.43. The number of carboxylic acid groups (broad SMARTS) is 1. The molecule has 0 fully saturated rings. The number of carbonyl (C=O) groups is 1. The van der Waals surface area contributed by atoms with Crippen LogP contribution in [0.15, 0.2) is 59.8 Å². The molecule has 0 bridgehead atoms. The highest BCUT2D eigenvalue weighted by atomic mass is 32.2. The summed E-state index contributed by atoms with van der Waals surface area (Å²) in [5, 5.41) is 18.4. The van der Waals surface area contributed by atoms with Crippen molar-refractivity contribution < 1.29 is 14.6 Å². The molecule has 0 aliphatic carbocycles. The molecular weight excluding hydrogens is 350 g/mol. The molecule has 3 rings (SSSR count). The number of aromatic carboxylic acids is 1. The molecule has 1 aromatic heterocycles. The zero-order valence-electron chi connectivity index (χ0n) is 14.3. The van der Waals surface area contributed by atoms with Gasteiger partial charge in [0.2, 0.25) is 0 Å². The van der Waals surface area contributed by atoms with Gasteiger partial charge < -0.3 is 14.4 Å². The van der Waals surface area contributed by atoms with Crippen molar-refractivity contribution in [1.29, 1.82) is 0 Å². The summed E-state index contributed by atoms with van der Waals surface area (Å²) in [5.41, 5.74) is 1.26. The molecule has 2 aromatic carbocycles. The molecule has 6 nitrogen and oxygen atoms in total. The van der Waals surface area contributed by atoms with Crippen LogP contribution in [-0.2, 0) is 7.05 Å². The van der Waals surface area contributed by atoms with Crippen LogP contribution >= 0.6 is 11.8 Å². The Hall–Kier alpha value is -2.80. The number of benzene rings is 2. The summed E-state index contributed by atoms with van der Waals surface area (Å²) in [6.07, 6.45) is 0.815. The summed E-state index contributed by atoms with van der Waals surface area (Å²) >= 11 is 1.62. The number of rotatable bonds is 8. The second-order valence-corrected chi connectivity index (χ2v) is 6.68. The van der Waals surface area contributed by atoms with Crippen molar-refractivity contribution >= 4 is 17.7 Å². The fourth-order valence-corrected chi connectivity index (χ4v) is 3.23. The number of carboxylic acids is 1. The van der Waals surface area contributed by atoms with Crippen molar-refractivity contribution in [3.05, 3.63) is 60.2 Å². The van der Waals surface area contributed by atoms with Gasteiger partial charge in [-0.1, -0.05) is 48.2 Å². The summed E-state index contributed by atoms with van der Waals surface area (Å²) in [5.74, 6) is 1.29. The van der Waals surface area contributed by atoms with E-state index in [1.54, 1.807) is 30.0 Å². The molecule has 7 heteroatoms. The van der Waals surface area contributed by atoms with E-state index in [-0.39, 0.29) is 5.56 Å². The van der Waals surface area contributed by atoms with Gasteiger partial charge in [-0.3, -0.25) is 0 Å². The molecule has 0 aliphatic heterocycles. The van der Waals surface area contributed by atoms with Gasteiger partial charge in [0.15, 0.2) is 11.0 Å². The first-order chi connectivity index (χ1) is 12.6. The molecule has 0 aliphatic rings. The van der Waals surface area contributed by atoms with Crippen LogP contribution in [0.5, 0.6) is 5.75 Å². The lowest BCUT2D eigenvalue weighted by Gasteiger charge is -2.07. The van der Waals surface area contributed by atoms with E-state index in [1.807, 2.05) is 41.9 Å². The Morgan fingerprint density at radius 3 is 2.73 bits per heavy atom. The van der Waals surface area contributed by atoms with E-state index in [4.69, 9.17) is 9.84 Å². The van der Waals surface area contributed by atoms with Gasteiger partial charge in [-0.2, -0.15) is 0 Å². The Morgan fingerprint density at radius 2 is 1.96 bits per heavy atom. The largest absolute Gasteiger partial charge is 0.494 e. The van der Waals surface area contributed by atoms with Crippen LogP contribution in [0.2, 0.25) is 0 Å². The molecule has 134 valence electrons. The zero-order valence-corrected chi connectivity index (χ0v) is 15.1. The van der Waals surface area contributed by atoms with Crippen LogP contribution < -0.4 is 4.74 Å². The molecule has 26 heavy (non-hydrogen) atoms. The van der Waals surface area contributed by atoms with Gasteiger partial charge in [0.25, 0.3) is 0 Å². The fourth-order valence-electron chi connectivity index (χ4n) is 2.41. The highest BCUT2D eigenvalue weighted by molar-refractivity contribution is 7.99. The van der Waals surface area contributed by atoms with Gasteiger partial charge in [-0.25, -0.2) is 4.79 Å². The number of hydrogen-bond acceptors (Lipinski definition) is 5. The summed E-state index contributed by atoms with van der Waals surface area (Å²) in [7, 11) is 1.96. The maximum absolute atomic E-state index is 10.9. The second kappa shape index (κ2) is 8.53. The third-order valence-corrected chi connectivity index (χ3v) is 4.84. The van der Waals surface area contributed by atoms with Gasteiger partial charge in [-0.05, 0) is 24.6 Å². The summed E-state index contributed by atoms with van der Waals surface area (Å²) in [4.78, 5) is 10.9. The van der Waals surface area contributed by atoms with Crippen molar-refractivity contribution in [3.63, 3.8) is 0 Å². The minimum atomic E-state index is -0.956. The summed E-state index contributed by atoms with van der Waals surface area (Å²) < 4.78 is 7.60. The van der Waals surface area contributed by atoms with Crippen molar-refractivity contribution in [2.45, 2.75) is 11.6 Å². The molecule has 0 radical (unpaired) electrons. The third-order valence-electron chi connectivity index (χ3n) is 3.74. The number of ether oxygens (including phenoxy) is 1. The van der Waals surface area contributed by atoms with Gasteiger partial charge in [0.05, 0.1) is 12.2 Å². The predicted molar refractivity (Wildman–Crippen MR) is 101 cm³/mol. The van der Waals surface area contributed by atoms with E-state index in [0.29, 0.717) is 12.4 Å². The van der Waals surface area contributed by atoms with Crippen LogP contribution in [0.4, 0.5) is 0 Å². The number of thioether (sulfide) groups is 1. The fraction of sp³-hybridized carbons (Fsp3) is 0.211. The van der Waals surface area contributed by atoms with Gasteiger partial charge in [0.1, 0.15) is 5.75 Å². The van der Waals surface area contributed by atoms with E-state index in [1.165, 1.54) is 6.07 Å². The highest BCUT2D eigenvalue weighted by Gasteiger charge is 2.10. The van der Waals surface area contributed by atoms with Gasteiger partial charge in [0, 0.05) is 18.4 Å². The van der Waals surface area contributed by atoms with Crippen LogP contribution in [0.1, 0.15) is 16.8 Å². The maximum Gasteiger partial charge on any atom is 0.335 e. The molecule has 0 amide bonds. The Balaban J connectivity index is 1.48. The minimum absolute atomic E-state index is 0.226. The summed E-state index contributed by atoms with van der Waals surface area (Å²) in [6, 6.07) is 16.5. The van der Waals surface area contributed by atoms with E-state index in [2.05, 4.69) is 10.2 Å². The molecule has 1 heterocycles. The van der Waals surface area contributed by atoms with E-state index < -0.39 is 5.97 Å². The van der Waals surface area contributed by atoms with E-state index in [0.717, 1.165) is 28.7 Å². The van der Waals surface area contributed by atoms with Gasteiger partial charge >= 0.3 is 5.97 Å². The molecule has 0 spiro atoms. The van der Waals surface area contributed by atoms with Gasteiger partial charge in [-0.15, -0.1) is 10.2 Å². The van der Waals surface area contributed by atoms with Crippen LogP contribution in [0.3, 0.4) is 0 Å². The molecule has 1 N–H and O–H groups in total. The average Bonchev–Trinajstić information content (AvgIpc) is 3.03. The highest BCUT2D eigenvalue weighted by Crippen LogP contribution is 2.23. The van der Waals surface area contributed by atoms with Crippen molar-refractivity contribution in [2.75, 3.05) is 12.4 Å². The normalized spacial score (nSPS) is 10.7. The topological polar surface area (TPSA) is 77.2 Å². The number of nitrogens with zero attached hydrogens (tertiary/aromatic N) is 3. The standard InChI is InChI=1S/C19H19N3O3S/c1-22-17(14-7-3-2-4-8-14)20-21-19(22)26-12-6-11-25-16-10-5-9-15(13-16)18(23)24/h2-5,7-10,13H,6,11-12H2,1H3,(H,23,24). The molecule has 0 unspecified atom stereocenters. The average molecular weight is 369 g/mol. The number of aromatic nitrogens is 3. The predicted octanol–water partition coefficient (Wildman–Crippen LogP) is 3.74. The first-order valence-corrected chi connectivity index (χ1v) is 9.17. The molecule has 0 saturated heterocycles. The van der Waals surface area contributed by atoms with Crippen molar-refractivity contribution in [3.8, 4) is 17.1 Å². The van der Waals surface area contributed by atoms with Crippen LogP contribution in [-0.4, -0.2) is 38.2 Å². The lowest BCUT2D eigenvalue weighted by Crippen LogP contribution is -2.02. The SMILES string of the molecule is Cn1c(SCCCOc2cccc(C(=O)O)c2)nnc1-c1ccccc1. The van der Waals surface area contributed by atoms with Crippen LogP contribution in [0.25, 0.3) is 11.4 Å². The molecule has 0 saturated carbocycles. The van der Waals surface area contributed by atoms with Crippen LogP contribution in [0, 0.1) is 0 Å². The first-order valence-electron chi connectivity index (χ1n) is 8.19. The Morgan fingerprint density at radius 1 is 1.15 bits per heavy atom. The van der Waals surface area contributed by atoms with E-state index in [9.17, 15) is 4.79 Å². The zero-order chi connectivity index (χ0) is 18.4. The summed E-state index contributed by atoms with van der Waals surface area (Å²) in [6.45, 7) is 0.513. The quantitative estimate of drug-likeness (QED) is 0.481. The monoisotopic (exact) mass is 369 g/mol. The lowest BCUT2D eigenvalue weighted by atomic mass is 10.2. The Bertz CT molecular complexity index is 881. The minimum Gasteiger partial charge on any atom is -0.494 e. The smallest absolute Gasteiger partial charge is 0.335 e. The first kappa shape index (κ1) is 18.0. The van der Waals surface area contributed by atoms with E-state index >= 15 is 0 Å². The lowest BCUT2D eigenvalue weighted by molar-refractivity contribution is 0.0696. The van der Waals surface area contributed by atoms with Crippen molar-refractivity contribution in [2.24, 2.45) is 7.05 Å². The second-order valence-electron chi connectivity index (χ2n) is 5.61. The maximum atomic E-state index is 10.9. The van der Waals surface area contributed by atoms with Crippen molar-refractivity contribution in [1.82, 2.24) is 14.8 Å². The molecule has 0 atom stereocenters. The number of hydrogen-bond donors (Lipinski definition) is 1.